The number of nitrogens with one attached hydrogen (secondary N) is 1. The number of benzene rings is 1. The number of rotatable bonds is 9. The predicted octanol–water partition coefficient (Wildman–Crippen LogP) is 4.46. The van der Waals surface area contributed by atoms with Crippen molar-refractivity contribution >= 4 is 34.5 Å². The number of carbonyl (C=O) groups excluding carboxylic acids is 2. The van der Waals surface area contributed by atoms with Crippen LogP contribution < -0.4 is 5.32 Å². The number of amides is 2. The summed E-state index contributed by atoms with van der Waals surface area (Å²) < 4.78 is 0. The van der Waals surface area contributed by atoms with E-state index >= 15 is 0 Å². The van der Waals surface area contributed by atoms with E-state index in [0.29, 0.717) is 23.1 Å². The Kier molecular flexibility index (Phi) is 8.30. The molecule has 2 amide bonds. The maximum absolute atomic E-state index is 13.1. The van der Waals surface area contributed by atoms with E-state index in [2.05, 4.69) is 25.2 Å². The first-order chi connectivity index (χ1) is 15.1. The highest BCUT2D eigenvalue weighted by molar-refractivity contribution is 7.99. The Bertz CT molecular complexity index is 972. The maximum Gasteiger partial charge on any atom is 0.252 e. The van der Waals surface area contributed by atoms with Crippen molar-refractivity contribution in [3.8, 4) is 6.07 Å². The summed E-state index contributed by atoms with van der Waals surface area (Å²) in [5.74, 6) is 0.907. The standard InChI is InChI=1S/C24H30N4O2S/c1-3-5-6-9-17(4-2)22-12-20(19-10-7-8-11-21(19)27-22)24(30)26-14-23(29)28-16-31-15-18(28)13-25/h7-8,10-12,17-18H,3-6,9,14-16H2,1-2H3,(H,26,30)/t17?,18-/m1/s1. The zero-order valence-electron chi connectivity index (χ0n) is 18.3. The van der Waals surface area contributed by atoms with E-state index in [0.717, 1.165) is 35.9 Å². The van der Waals surface area contributed by atoms with Gasteiger partial charge in [-0.3, -0.25) is 14.6 Å². The van der Waals surface area contributed by atoms with Crippen LogP contribution in [0.25, 0.3) is 10.9 Å². The van der Waals surface area contributed by atoms with Crippen molar-refractivity contribution < 1.29 is 9.59 Å². The normalized spacial score (nSPS) is 16.8. The third-order valence-electron chi connectivity index (χ3n) is 5.80. The minimum atomic E-state index is -0.420. The first kappa shape index (κ1) is 23.1. The number of thioether (sulfide) groups is 1. The van der Waals surface area contributed by atoms with E-state index in [9.17, 15) is 14.9 Å². The number of hydrogen-bond acceptors (Lipinski definition) is 5. The summed E-state index contributed by atoms with van der Waals surface area (Å²) in [6.45, 7) is 4.24. The van der Waals surface area contributed by atoms with Gasteiger partial charge in [0.2, 0.25) is 5.91 Å². The Balaban J connectivity index is 1.80. The van der Waals surface area contributed by atoms with Crippen LogP contribution in [0.4, 0.5) is 0 Å². The lowest BCUT2D eigenvalue weighted by molar-refractivity contribution is -0.129. The molecular weight excluding hydrogens is 408 g/mol. The van der Waals surface area contributed by atoms with E-state index in [1.807, 2.05) is 30.3 Å². The van der Waals surface area contributed by atoms with Crippen molar-refractivity contribution in [2.75, 3.05) is 18.2 Å². The van der Waals surface area contributed by atoms with Gasteiger partial charge in [0, 0.05) is 22.8 Å². The molecule has 1 aromatic carbocycles. The monoisotopic (exact) mass is 438 g/mol. The van der Waals surface area contributed by atoms with Gasteiger partial charge in [0.25, 0.3) is 5.91 Å². The van der Waals surface area contributed by atoms with E-state index < -0.39 is 6.04 Å². The molecule has 1 aliphatic rings. The van der Waals surface area contributed by atoms with Gasteiger partial charge in [-0.25, -0.2) is 0 Å². The van der Waals surface area contributed by atoms with Crippen molar-refractivity contribution in [3.05, 3.63) is 41.6 Å². The largest absolute Gasteiger partial charge is 0.343 e. The lowest BCUT2D eigenvalue weighted by Crippen LogP contribution is -2.42. The van der Waals surface area contributed by atoms with Crippen LogP contribution >= 0.6 is 11.8 Å². The molecule has 0 bridgehead atoms. The van der Waals surface area contributed by atoms with Crippen LogP contribution in [0.2, 0.25) is 0 Å². The molecule has 1 unspecified atom stereocenters. The number of nitriles is 1. The number of carbonyl (C=O) groups is 2. The van der Waals surface area contributed by atoms with Crippen LogP contribution in [-0.2, 0) is 4.79 Å². The van der Waals surface area contributed by atoms with Gasteiger partial charge in [-0.05, 0) is 25.0 Å². The van der Waals surface area contributed by atoms with Crippen molar-refractivity contribution in [1.82, 2.24) is 15.2 Å². The fraction of sp³-hybridized carbons (Fsp3) is 0.500. The number of pyridine rings is 1. The summed E-state index contributed by atoms with van der Waals surface area (Å²) >= 11 is 1.55. The number of unbranched alkanes of at least 4 members (excludes halogenated alkanes) is 2. The number of nitrogens with zero attached hydrogens (tertiary/aromatic N) is 3. The molecule has 3 rings (SSSR count). The Labute approximate surface area is 188 Å². The minimum absolute atomic E-state index is 0.114. The number of hydrogen-bond donors (Lipinski definition) is 1. The Hall–Kier alpha value is -2.59. The molecule has 1 N–H and O–H groups in total. The number of para-hydroxylation sites is 1. The van der Waals surface area contributed by atoms with Crippen molar-refractivity contribution in [3.63, 3.8) is 0 Å². The number of fused-ring (bicyclic) bond motifs is 1. The molecule has 1 saturated heterocycles. The Morgan fingerprint density at radius 1 is 1.32 bits per heavy atom. The van der Waals surface area contributed by atoms with Crippen LogP contribution in [0.1, 0.15) is 67.9 Å². The second kappa shape index (κ2) is 11.1. The first-order valence-electron chi connectivity index (χ1n) is 11.0. The summed E-state index contributed by atoms with van der Waals surface area (Å²) in [7, 11) is 0. The number of aromatic nitrogens is 1. The van der Waals surface area contributed by atoms with Crippen LogP contribution in [-0.4, -0.2) is 45.9 Å². The van der Waals surface area contributed by atoms with Gasteiger partial charge in [0.1, 0.15) is 6.04 Å². The molecule has 0 radical (unpaired) electrons. The molecule has 2 atom stereocenters. The molecule has 7 heteroatoms. The fourth-order valence-corrected chi connectivity index (χ4v) is 5.05. The van der Waals surface area contributed by atoms with Crippen LogP contribution in [0.15, 0.2) is 30.3 Å². The molecule has 2 aromatic rings. The molecule has 6 nitrogen and oxygen atoms in total. The van der Waals surface area contributed by atoms with Gasteiger partial charge in [-0.1, -0.05) is 51.3 Å². The summed E-state index contributed by atoms with van der Waals surface area (Å²) in [5, 5.41) is 12.7. The average molecular weight is 439 g/mol. The predicted molar refractivity (Wildman–Crippen MR) is 125 cm³/mol. The van der Waals surface area contributed by atoms with E-state index in [-0.39, 0.29) is 18.4 Å². The molecule has 1 aromatic heterocycles. The highest BCUT2D eigenvalue weighted by atomic mass is 32.2. The van der Waals surface area contributed by atoms with Gasteiger partial charge in [-0.2, -0.15) is 5.26 Å². The SMILES string of the molecule is CCCCCC(CC)c1cc(C(=O)NCC(=O)N2CSC[C@H]2C#N)c2ccccc2n1. The van der Waals surface area contributed by atoms with Gasteiger partial charge in [0.05, 0.1) is 29.6 Å². The molecule has 1 aliphatic heterocycles. The highest BCUT2D eigenvalue weighted by Crippen LogP contribution is 2.28. The molecule has 0 aliphatic carbocycles. The summed E-state index contributed by atoms with van der Waals surface area (Å²) in [6.07, 6.45) is 5.53. The van der Waals surface area contributed by atoms with Crippen LogP contribution in [0.3, 0.4) is 0 Å². The molecule has 0 spiro atoms. The smallest absolute Gasteiger partial charge is 0.252 e. The first-order valence-corrected chi connectivity index (χ1v) is 12.2. The van der Waals surface area contributed by atoms with Crippen molar-refractivity contribution in [2.45, 2.75) is 57.9 Å². The van der Waals surface area contributed by atoms with Gasteiger partial charge in [0.15, 0.2) is 0 Å². The van der Waals surface area contributed by atoms with E-state index in [4.69, 9.17) is 4.98 Å². The van der Waals surface area contributed by atoms with E-state index in [1.165, 1.54) is 17.7 Å². The third kappa shape index (κ3) is 5.56. The summed E-state index contributed by atoms with van der Waals surface area (Å²) in [6, 6.07) is 11.3. The molecule has 2 heterocycles. The molecule has 31 heavy (non-hydrogen) atoms. The quantitative estimate of drug-likeness (QED) is 0.584. The average Bonchev–Trinajstić information content (AvgIpc) is 3.28. The molecular formula is C24H30N4O2S. The third-order valence-corrected chi connectivity index (χ3v) is 6.81. The van der Waals surface area contributed by atoms with Crippen molar-refractivity contribution in [1.29, 1.82) is 5.26 Å². The Morgan fingerprint density at radius 2 is 2.13 bits per heavy atom. The van der Waals surface area contributed by atoms with Crippen LogP contribution in [0, 0.1) is 11.3 Å². The molecule has 164 valence electrons. The highest BCUT2D eigenvalue weighted by Gasteiger charge is 2.29. The lowest BCUT2D eigenvalue weighted by atomic mass is 9.92. The minimum Gasteiger partial charge on any atom is -0.343 e. The maximum atomic E-state index is 13.1. The van der Waals surface area contributed by atoms with Gasteiger partial charge < -0.3 is 10.2 Å². The zero-order chi connectivity index (χ0) is 22.2. The lowest BCUT2D eigenvalue weighted by Gasteiger charge is -2.19. The molecule has 0 saturated carbocycles. The topological polar surface area (TPSA) is 86.1 Å². The van der Waals surface area contributed by atoms with Gasteiger partial charge in [-0.15, -0.1) is 11.8 Å². The summed E-state index contributed by atoms with van der Waals surface area (Å²) in [4.78, 5) is 32.0. The van der Waals surface area contributed by atoms with Crippen LogP contribution in [0.5, 0.6) is 0 Å². The van der Waals surface area contributed by atoms with E-state index in [1.54, 1.807) is 11.8 Å². The zero-order valence-corrected chi connectivity index (χ0v) is 19.1. The van der Waals surface area contributed by atoms with Crippen molar-refractivity contribution in [2.24, 2.45) is 0 Å². The Morgan fingerprint density at radius 3 is 2.87 bits per heavy atom. The molecule has 1 fully saturated rings. The van der Waals surface area contributed by atoms with Gasteiger partial charge >= 0.3 is 0 Å². The summed E-state index contributed by atoms with van der Waals surface area (Å²) in [5.41, 5.74) is 2.29. The fourth-order valence-electron chi connectivity index (χ4n) is 3.94. The second-order valence-electron chi connectivity index (χ2n) is 7.90. The second-order valence-corrected chi connectivity index (χ2v) is 8.90.